The minimum atomic E-state index is -0.476. The van der Waals surface area contributed by atoms with E-state index in [1.807, 2.05) is 0 Å². The molecule has 0 aliphatic carbocycles. The van der Waals surface area contributed by atoms with Gasteiger partial charge in [0.25, 0.3) is 0 Å². The van der Waals surface area contributed by atoms with Gasteiger partial charge in [0, 0.05) is 0 Å². The highest BCUT2D eigenvalue weighted by atomic mass is 16.7. The Kier molecular flexibility index (Phi) is 36.9. The van der Waals surface area contributed by atoms with E-state index >= 15 is 0 Å². The van der Waals surface area contributed by atoms with Crippen molar-refractivity contribution in [3.05, 3.63) is 0 Å². The summed E-state index contributed by atoms with van der Waals surface area (Å²) in [5, 5.41) is 0. The van der Waals surface area contributed by atoms with Crippen LogP contribution in [-0.2, 0) is 19.0 Å². The molecule has 0 aromatic heterocycles. The predicted molar refractivity (Wildman–Crippen MR) is 209 cm³/mol. The molecule has 0 bridgehead atoms. The second-order valence-electron chi connectivity index (χ2n) is 14.8. The molecule has 0 aliphatic heterocycles. The summed E-state index contributed by atoms with van der Waals surface area (Å²) in [4.78, 5) is 27.8. The Morgan fingerprint density at radius 3 is 1.37 bits per heavy atom. The number of carbonyl (C=O) groups is 2. The first kappa shape index (κ1) is 47.7. The van der Waals surface area contributed by atoms with E-state index in [0.717, 1.165) is 96.7 Å². The van der Waals surface area contributed by atoms with E-state index in [1.54, 1.807) is 0 Å². The van der Waals surface area contributed by atoms with Crippen molar-refractivity contribution >= 4 is 12.1 Å². The van der Waals surface area contributed by atoms with E-state index in [2.05, 4.69) is 39.5 Å². The van der Waals surface area contributed by atoms with Gasteiger partial charge in [0.2, 0.25) is 0 Å². The van der Waals surface area contributed by atoms with Gasteiger partial charge in [-0.2, -0.15) is 0 Å². The maximum absolute atomic E-state index is 12.9. The lowest BCUT2D eigenvalue weighted by molar-refractivity contribution is -0.149. The van der Waals surface area contributed by atoms with Crippen LogP contribution in [0.25, 0.3) is 0 Å². The fourth-order valence-corrected chi connectivity index (χ4v) is 6.72. The van der Waals surface area contributed by atoms with Gasteiger partial charge in [-0.1, -0.05) is 150 Å². The van der Waals surface area contributed by atoms with Gasteiger partial charge in [-0.05, 0) is 90.3 Å². The molecule has 0 N–H and O–H groups in total. The molecular formula is C43H85NO5. The average molecular weight is 696 g/mol. The minimum Gasteiger partial charge on any atom is -0.465 e. The normalized spacial score (nSPS) is 12.1. The summed E-state index contributed by atoms with van der Waals surface area (Å²) < 4.78 is 16.9. The molecular weight excluding hydrogens is 610 g/mol. The molecule has 0 saturated heterocycles. The van der Waals surface area contributed by atoms with E-state index < -0.39 is 6.16 Å². The molecule has 0 amide bonds. The third-order valence-corrected chi connectivity index (χ3v) is 9.91. The maximum atomic E-state index is 12.9. The standard InChI is InChI=1S/C43H85NO5/c1-6-11-15-17-18-26-32-40(31-25-16-12-7-2)42(45)47-38-29-21-19-27-36-44(35-10-5)37-28-20-22-30-39-48-43(46)49-41(33-23-13-8-3)34-24-14-9-4/h40-41H,6-39H2,1-5H3. The van der Waals surface area contributed by atoms with Crippen molar-refractivity contribution in [2.75, 3.05) is 32.8 Å². The first-order valence-corrected chi connectivity index (χ1v) is 21.7. The monoisotopic (exact) mass is 696 g/mol. The lowest BCUT2D eigenvalue weighted by atomic mass is 9.94. The summed E-state index contributed by atoms with van der Waals surface area (Å²) in [6, 6.07) is 0. The van der Waals surface area contributed by atoms with Crippen LogP contribution < -0.4 is 0 Å². The van der Waals surface area contributed by atoms with Crippen molar-refractivity contribution in [2.24, 2.45) is 5.92 Å². The summed E-state index contributed by atoms with van der Waals surface area (Å²) >= 11 is 0. The van der Waals surface area contributed by atoms with E-state index in [1.165, 1.54) is 109 Å². The second-order valence-corrected chi connectivity index (χ2v) is 14.8. The summed E-state index contributed by atoms with van der Waals surface area (Å²) in [7, 11) is 0. The minimum absolute atomic E-state index is 0.00915. The number of hydrogen-bond acceptors (Lipinski definition) is 6. The van der Waals surface area contributed by atoms with Gasteiger partial charge in [0.15, 0.2) is 0 Å². The lowest BCUT2D eigenvalue weighted by Crippen LogP contribution is -2.27. The molecule has 1 unspecified atom stereocenters. The SMILES string of the molecule is CCCCCCCCC(CCCCCC)C(=O)OCCCCCCN(CCC)CCCCCCOC(=O)OC(CCCCC)CCCCC. The molecule has 49 heavy (non-hydrogen) atoms. The third kappa shape index (κ3) is 32.4. The number of hydrogen-bond donors (Lipinski definition) is 0. The van der Waals surface area contributed by atoms with Gasteiger partial charge in [0.1, 0.15) is 6.10 Å². The predicted octanol–water partition coefficient (Wildman–Crippen LogP) is 13.4. The highest BCUT2D eigenvalue weighted by Crippen LogP contribution is 2.21. The smallest absolute Gasteiger partial charge is 0.465 e. The molecule has 0 aliphatic rings. The van der Waals surface area contributed by atoms with Gasteiger partial charge in [-0.25, -0.2) is 4.79 Å². The zero-order valence-corrected chi connectivity index (χ0v) is 33.7. The van der Waals surface area contributed by atoms with Crippen LogP contribution in [0.5, 0.6) is 0 Å². The fourth-order valence-electron chi connectivity index (χ4n) is 6.72. The second kappa shape index (κ2) is 37.9. The Morgan fingerprint density at radius 2 is 0.837 bits per heavy atom. The van der Waals surface area contributed by atoms with E-state index in [9.17, 15) is 9.59 Å². The van der Waals surface area contributed by atoms with Crippen LogP contribution in [-0.4, -0.2) is 56.0 Å². The Labute approximate surface area is 305 Å². The number of unbranched alkanes of at least 4 members (excludes halogenated alkanes) is 18. The highest BCUT2D eigenvalue weighted by Gasteiger charge is 2.19. The molecule has 0 saturated carbocycles. The van der Waals surface area contributed by atoms with Crippen molar-refractivity contribution in [1.29, 1.82) is 0 Å². The topological polar surface area (TPSA) is 65.1 Å². The molecule has 0 rings (SSSR count). The Morgan fingerprint density at radius 1 is 0.429 bits per heavy atom. The maximum Gasteiger partial charge on any atom is 0.508 e. The summed E-state index contributed by atoms with van der Waals surface area (Å²) in [5.41, 5.74) is 0. The van der Waals surface area contributed by atoms with Crippen molar-refractivity contribution in [3.63, 3.8) is 0 Å². The van der Waals surface area contributed by atoms with Crippen LogP contribution in [0.4, 0.5) is 4.79 Å². The molecule has 292 valence electrons. The lowest BCUT2D eigenvalue weighted by Gasteiger charge is -2.21. The first-order chi connectivity index (χ1) is 24.0. The van der Waals surface area contributed by atoms with Crippen LogP contribution in [0.3, 0.4) is 0 Å². The van der Waals surface area contributed by atoms with Gasteiger partial charge in [-0.3, -0.25) is 4.79 Å². The quantitative estimate of drug-likeness (QED) is 0.0473. The Balaban J connectivity index is 4.10. The van der Waals surface area contributed by atoms with Crippen LogP contribution >= 0.6 is 0 Å². The molecule has 0 aromatic rings. The molecule has 6 heteroatoms. The van der Waals surface area contributed by atoms with Crippen molar-refractivity contribution < 1.29 is 23.8 Å². The van der Waals surface area contributed by atoms with Crippen LogP contribution in [0.15, 0.2) is 0 Å². The highest BCUT2D eigenvalue weighted by molar-refractivity contribution is 5.72. The first-order valence-electron chi connectivity index (χ1n) is 21.7. The van der Waals surface area contributed by atoms with E-state index in [-0.39, 0.29) is 18.0 Å². The van der Waals surface area contributed by atoms with Crippen LogP contribution in [0.1, 0.15) is 221 Å². The number of rotatable bonds is 38. The zero-order chi connectivity index (χ0) is 36.0. The Bertz CT molecular complexity index is 692. The molecule has 0 heterocycles. The van der Waals surface area contributed by atoms with Crippen molar-refractivity contribution in [1.82, 2.24) is 4.90 Å². The van der Waals surface area contributed by atoms with Gasteiger partial charge >= 0.3 is 12.1 Å². The van der Waals surface area contributed by atoms with E-state index in [0.29, 0.717) is 13.2 Å². The van der Waals surface area contributed by atoms with Crippen molar-refractivity contribution in [2.45, 2.75) is 227 Å². The fraction of sp³-hybridized carbons (Fsp3) is 0.953. The average Bonchev–Trinajstić information content (AvgIpc) is 3.09. The molecule has 6 nitrogen and oxygen atoms in total. The summed E-state index contributed by atoms with van der Waals surface area (Å²) in [5.74, 6) is 0.169. The zero-order valence-electron chi connectivity index (χ0n) is 33.7. The van der Waals surface area contributed by atoms with Crippen LogP contribution in [0.2, 0.25) is 0 Å². The number of carbonyl (C=O) groups excluding carboxylic acids is 2. The molecule has 0 aromatic carbocycles. The van der Waals surface area contributed by atoms with Gasteiger partial charge in [0.05, 0.1) is 19.1 Å². The van der Waals surface area contributed by atoms with Crippen LogP contribution in [0, 0.1) is 5.92 Å². The summed E-state index contributed by atoms with van der Waals surface area (Å²) in [6.07, 6.45) is 33.0. The summed E-state index contributed by atoms with van der Waals surface area (Å²) in [6.45, 7) is 15.7. The molecule has 0 radical (unpaired) electrons. The number of nitrogens with zero attached hydrogens (tertiary/aromatic N) is 1. The largest absolute Gasteiger partial charge is 0.508 e. The van der Waals surface area contributed by atoms with Crippen molar-refractivity contribution in [3.8, 4) is 0 Å². The number of esters is 1. The molecule has 1 atom stereocenters. The van der Waals surface area contributed by atoms with Gasteiger partial charge in [-0.15, -0.1) is 0 Å². The third-order valence-electron chi connectivity index (χ3n) is 9.91. The Hall–Kier alpha value is -1.30. The van der Waals surface area contributed by atoms with Gasteiger partial charge < -0.3 is 19.1 Å². The molecule has 0 spiro atoms. The van der Waals surface area contributed by atoms with E-state index in [4.69, 9.17) is 14.2 Å². The molecule has 0 fully saturated rings. The number of ether oxygens (including phenoxy) is 3.